The predicted molar refractivity (Wildman–Crippen MR) is 377 cm³/mol. The molecule has 0 aromatic heterocycles. The fourth-order valence-electron chi connectivity index (χ4n) is 26.8. The maximum Gasteiger partial charge on any atom is 0.347 e. The number of allylic oxidation sites excluding steroid dienone is 2. The van der Waals surface area contributed by atoms with Crippen LogP contribution in [0.4, 0.5) is 0 Å². The Morgan fingerprint density at radius 3 is 0.816 bits per heavy atom. The molecule has 15 fully saturated rings. The van der Waals surface area contributed by atoms with Crippen LogP contribution in [-0.2, 0) is 19.4 Å². The van der Waals surface area contributed by atoms with Gasteiger partial charge in [0, 0.05) is 0 Å². The van der Waals surface area contributed by atoms with Gasteiger partial charge in [0.25, 0.3) is 0 Å². The summed E-state index contributed by atoms with van der Waals surface area (Å²) in [5.41, 5.74) is 0. The van der Waals surface area contributed by atoms with Gasteiger partial charge < -0.3 is 9.61 Å². The van der Waals surface area contributed by atoms with Crippen molar-refractivity contribution in [3.63, 3.8) is 0 Å². The zero-order valence-corrected chi connectivity index (χ0v) is 56.9. The van der Waals surface area contributed by atoms with Crippen molar-refractivity contribution in [1.82, 2.24) is 0 Å². The molecule has 4 nitrogen and oxygen atoms in total. The molecule has 9 heteroatoms. The fourth-order valence-corrected chi connectivity index (χ4v) is 26.8. The summed E-state index contributed by atoms with van der Waals surface area (Å²) >= 11 is 0. The Balaban J connectivity index is 0.000000131. The molecule has 5 aliphatic heterocycles. The molecular formula is C78H135B5O4. The maximum absolute atomic E-state index is 6.19. The van der Waals surface area contributed by atoms with Gasteiger partial charge in [-0.05, 0) is 108 Å². The molecule has 87 heavy (non-hydrogen) atoms. The van der Waals surface area contributed by atoms with E-state index in [1.807, 2.05) is 12.2 Å². The van der Waals surface area contributed by atoms with Crippen molar-refractivity contribution < 1.29 is 19.4 Å². The Hall–Kier alpha value is -0.355. The first kappa shape index (κ1) is 66.7. The summed E-state index contributed by atoms with van der Waals surface area (Å²) in [5.74, 6) is 20.8. The summed E-state index contributed by atoms with van der Waals surface area (Å²) in [6.45, 7) is 11.7. The van der Waals surface area contributed by atoms with Gasteiger partial charge >= 0.3 is 13.8 Å². The SMILES string of the molecule is B1C2CCCCC2C2CCCCC12.C(CCCB1C2CCCCC2C2CCCCC12)CCB1C2CCCCC2C2CCCCC12.C(CCCOOB1C2CCCCC2C2CCCCC12)CCOOB1C2CCCCC2C2CCCCC12.C=CCCC=C. The lowest BCUT2D eigenvalue weighted by molar-refractivity contribution is -0.218. The van der Waals surface area contributed by atoms with Crippen LogP contribution in [0.3, 0.4) is 0 Å². The molecule has 5 heterocycles. The van der Waals surface area contributed by atoms with Crippen LogP contribution in [0.2, 0.25) is 70.8 Å². The third-order valence-electron chi connectivity index (χ3n) is 30.1. The minimum Gasteiger partial charge on any atom is -0.304 e. The molecule has 15 aliphatic rings. The first-order valence-electron chi connectivity index (χ1n) is 41.0. The number of fused-ring (bicyclic) bond motifs is 15. The van der Waals surface area contributed by atoms with Crippen molar-refractivity contribution in [1.29, 1.82) is 0 Å². The van der Waals surface area contributed by atoms with Crippen LogP contribution in [0, 0.1) is 59.2 Å². The molecule has 0 radical (unpaired) electrons. The molecule has 0 spiro atoms. The average molecular weight is 1190 g/mol. The summed E-state index contributed by atoms with van der Waals surface area (Å²) in [6.07, 6.45) is 80.4. The molecule has 0 aromatic rings. The van der Waals surface area contributed by atoms with Gasteiger partial charge in [-0.3, -0.25) is 9.78 Å². The quantitative estimate of drug-likeness (QED) is 0.0377. The Labute approximate surface area is 540 Å². The highest BCUT2D eigenvalue weighted by Gasteiger charge is 2.58. The summed E-state index contributed by atoms with van der Waals surface area (Å²) in [7, 11) is 1.62. The van der Waals surface area contributed by atoms with Gasteiger partial charge in [0.05, 0.1) is 13.2 Å². The van der Waals surface area contributed by atoms with Crippen molar-refractivity contribution >= 4 is 34.5 Å². The minimum absolute atomic E-state index is 0.384. The number of hydrogen-bond donors (Lipinski definition) is 0. The zero-order chi connectivity index (χ0) is 59.0. The van der Waals surface area contributed by atoms with E-state index in [4.69, 9.17) is 19.4 Å². The van der Waals surface area contributed by atoms with E-state index in [9.17, 15) is 0 Å². The van der Waals surface area contributed by atoms with Crippen molar-refractivity contribution in [3.05, 3.63) is 25.3 Å². The molecule has 10 saturated carbocycles. The lowest BCUT2D eigenvalue weighted by atomic mass is 9.32. The molecule has 20 unspecified atom stereocenters. The van der Waals surface area contributed by atoms with Crippen molar-refractivity contribution in [3.8, 4) is 0 Å². The van der Waals surface area contributed by atoms with Crippen LogP contribution in [0.1, 0.15) is 321 Å². The monoisotopic (exact) mass is 1190 g/mol. The van der Waals surface area contributed by atoms with Crippen LogP contribution in [0.25, 0.3) is 0 Å². The summed E-state index contributed by atoms with van der Waals surface area (Å²) in [4.78, 5) is 24.1. The van der Waals surface area contributed by atoms with E-state index in [0.29, 0.717) is 13.8 Å². The summed E-state index contributed by atoms with van der Waals surface area (Å²) < 4.78 is 0. The van der Waals surface area contributed by atoms with Crippen LogP contribution in [0.15, 0.2) is 25.3 Å². The Kier molecular flexibility index (Phi) is 26.7. The van der Waals surface area contributed by atoms with Gasteiger partial charge in [0.15, 0.2) is 0 Å². The van der Waals surface area contributed by atoms with Crippen molar-refractivity contribution in [2.75, 3.05) is 13.2 Å². The highest BCUT2D eigenvalue weighted by molar-refractivity contribution is 6.64. The normalized spacial score (nSPS) is 40.4. The van der Waals surface area contributed by atoms with Gasteiger partial charge in [-0.1, -0.05) is 355 Å². The number of rotatable bonds is 21. The first-order chi connectivity index (χ1) is 43.2. The second-order valence-corrected chi connectivity index (χ2v) is 34.2. The zero-order valence-electron chi connectivity index (χ0n) is 56.9. The first-order valence-corrected chi connectivity index (χ1v) is 41.0. The van der Waals surface area contributed by atoms with Crippen LogP contribution in [-0.4, -0.2) is 47.7 Å². The number of hydrogen-bond acceptors (Lipinski definition) is 4. The van der Waals surface area contributed by atoms with E-state index < -0.39 is 0 Å². The molecule has 0 amide bonds. The lowest BCUT2D eigenvalue weighted by Gasteiger charge is -2.33. The highest BCUT2D eigenvalue weighted by atomic mass is 17.2. The highest BCUT2D eigenvalue weighted by Crippen LogP contribution is 2.64. The second-order valence-electron chi connectivity index (χ2n) is 34.2. The van der Waals surface area contributed by atoms with Crippen LogP contribution in [0.5, 0.6) is 0 Å². The van der Waals surface area contributed by atoms with E-state index in [-0.39, 0.29) is 0 Å². The molecule has 15 rings (SSSR count). The Morgan fingerprint density at radius 1 is 0.276 bits per heavy atom. The van der Waals surface area contributed by atoms with E-state index in [1.165, 1.54) is 139 Å². The van der Waals surface area contributed by atoms with Gasteiger partial charge in [-0.25, -0.2) is 0 Å². The molecule has 20 atom stereocenters. The van der Waals surface area contributed by atoms with Crippen LogP contribution < -0.4 is 0 Å². The van der Waals surface area contributed by atoms with E-state index in [2.05, 4.69) is 13.2 Å². The Bertz CT molecular complexity index is 1770. The van der Waals surface area contributed by atoms with E-state index in [0.717, 1.165) is 146 Å². The molecule has 0 aromatic carbocycles. The average Bonchev–Trinajstić information content (AvgIpc) is 2.30. The molecule has 0 bridgehead atoms. The minimum atomic E-state index is 0.384. The lowest BCUT2D eigenvalue weighted by Crippen LogP contribution is -2.28. The third-order valence-corrected chi connectivity index (χ3v) is 30.1. The van der Waals surface area contributed by atoms with Gasteiger partial charge in [0.1, 0.15) is 20.7 Å². The standard InChI is InChI=1S/C30H52B2O4.C30H52B2.C12H21B.C6H10/c1(11-21-33-35-31-27-17-7-3-13-23(27)24-14-4-8-18-28(24)31)2-12-22-34-36-32-29-19-9-5-15-25(29)26-16-6-10-20-30(26)32;1(11-21-31-27-17-7-3-13-23(27)24-14-4-8-18-28(24)31)2-12-22-32-29-19-9-5-15-25(29)26-16-6-10-20-30(26)32;1-3-7-11-9(5-1)10-6-2-4-8-12(10)13-11;1-3-5-6-4-2/h23-30H,1-22H2;23-30H,1-22H2;9-13H,1-8H2;3-4H,1-2,5-6H2. The third kappa shape index (κ3) is 16.5. The molecule has 10 aliphatic carbocycles. The summed E-state index contributed by atoms with van der Waals surface area (Å²) in [6, 6.07) is 0. The molecular weight excluding hydrogens is 1050 g/mol. The van der Waals surface area contributed by atoms with Gasteiger partial charge in [0.2, 0.25) is 0 Å². The van der Waals surface area contributed by atoms with Gasteiger partial charge in [-0.2, -0.15) is 0 Å². The van der Waals surface area contributed by atoms with Crippen molar-refractivity contribution in [2.45, 2.75) is 392 Å². The van der Waals surface area contributed by atoms with E-state index >= 15 is 0 Å². The predicted octanol–water partition coefficient (Wildman–Crippen LogP) is 24.0. The van der Waals surface area contributed by atoms with Crippen molar-refractivity contribution in [2.24, 2.45) is 59.2 Å². The fraction of sp³-hybridized carbons (Fsp3) is 0.949. The topological polar surface area (TPSA) is 36.9 Å². The van der Waals surface area contributed by atoms with Gasteiger partial charge in [-0.15, -0.1) is 13.2 Å². The molecule has 5 saturated heterocycles. The number of unbranched alkanes of at least 4 members (excludes halogenated alkanes) is 7. The van der Waals surface area contributed by atoms with E-state index in [1.54, 1.807) is 200 Å². The molecule has 0 N–H and O–H groups in total. The molecule has 486 valence electrons. The summed E-state index contributed by atoms with van der Waals surface area (Å²) in [5, 5.41) is 0. The maximum atomic E-state index is 6.19. The largest absolute Gasteiger partial charge is 0.347 e. The smallest absolute Gasteiger partial charge is 0.304 e. The Morgan fingerprint density at radius 2 is 0.517 bits per heavy atom. The second kappa shape index (κ2) is 34.9. The van der Waals surface area contributed by atoms with Crippen LogP contribution >= 0.6 is 0 Å².